The topological polar surface area (TPSA) is 55.9 Å². The number of nitrogens with one attached hydrogen (secondary N) is 1. The lowest BCUT2D eigenvalue weighted by Crippen LogP contribution is -2.53. The summed E-state index contributed by atoms with van der Waals surface area (Å²) in [6, 6.07) is 7.82. The van der Waals surface area contributed by atoms with Gasteiger partial charge in [0, 0.05) is 38.4 Å². The summed E-state index contributed by atoms with van der Waals surface area (Å²) in [5, 5.41) is 2.94. The summed E-state index contributed by atoms with van der Waals surface area (Å²) in [6.45, 7) is 10.2. The fourth-order valence-electron chi connectivity index (χ4n) is 3.92. The third-order valence-electron chi connectivity index (χ3n) is 5.53. The Morgan fingerprint density at radius 1 is 1.00 bits per heavy atom. The van der Waals surface area contributed by atoms with Crippen molar-refractivity contribution in [3.8, 4) is 0 Å². The number of piperidine rings is 1. The number of benzene rings is 1. The predicted octanol–water partition coefficient (Wildman–Crippen LogP) is 1.81. The van der Waals surface area contributed by atoms with Gasteiger partial charge in [-0.25, -0.2) is 0 Å². The van der Waals surface area contributed by atoms with E-state index in [-0.39, 0.29) is 11.8 Å². The van der Waals surface area contributed by atoms with Gasteiger partial charge in [0.1, 0.15) is 0 Å². The summed E-state index contributed by atoms with van der Waals surface area (Å²) < 4.78 is 0. The monoisotopic (exact) mass is 372 g/mol. The molecule has 2 fully saturated rings. The molecular formula is C21H32N4O2. The number of nitrogens with zero attached hydrogens (tertiary/aromatic N) is 3. The van der Waals surface area contributed by atoms with Gasteiger partial charge in [0.05, 0.1) is 13.1 Å². The molecule has 0 spiro atoms. The normalized spacial score (nSPS) is 21.9. The average Bonchev–Trinajstić information content (AvgIpc) is 2.64. The number of carbonyl (C=O) groups is 2. The molecule has 1 aromatic carbocycles. The van der Waals surface area contributed by atoms with Crippen LogP contribution in [-0.2, 0) is 9.59 Å². The van der Waals surface area contributed by atoms with Crippen LogP contribution in [0.2, 0.25) is 0 Å². The van der Waals surface area contributed by atoms with Gasteiger partial charge in [-0.05, 0) is 44.4 Å². The molecule has 27 heavy (non-hydrogen) atoms. The van der Waals surface area contributed by atoms with Gasteiger partial charge in [0.25, 0.3) is 0 Å². The van der Waals surface area contributed by atoms with Gasteiger partial charge in [-0.2, -0.15) is 0 Å². The minimum absolute atomic E-state index is 0.000865. The molecule has 2 amide bonds. The van der Waals surface area contributed by atoms with E-state index >= 15 is 0 Å². The van der Waals surface area contributed by atoms with E-state index in [4.69, 9.17) is 0 Å². The van der Waals surface area contributed by atoms with Crippen molar-refractivity contribution in [1.29, 1.82) is 0 Å². The first-order chi connectivity index (χ1) is 13.0. The fraction of sp³-hybridized carbons (Fsp3) is 0.619. The molecular weight excluding hydrogens is 340 g/mol. The Balaban J connectivity index is 1.38. The molecule has 2 saturated heterocycles. The van der Waals surface area contributed by atoms with E-state index in [9.17, 15) is 9.59 Å². The molecule has 1 atom stereocenters. The van der Waals surface area contributed by atoms with Crippen LogP contribution in [0.25, 0.3) is 0 Å². The lowest BCUT2D eigenvalue weighted by atomic mass is 10.0. The second-order valence-corrected chi connectivity index (χ2v) is 8.05. The van der Waals surface area contributed by atoms with Crippen molar-refractivity contribution in [3.05, 3.63) is 29.8 Å². The first-order valence-corrected chi connectivity index (χ1v) is 10.1. The Bertz CT molecular complexity index is 638. The van der Waals surface area contributed by atoms with Crippen molar-refractivity contribution in [2.24, 2.45) is 5.92 Å². The highest BCUT2D eigenvalue weighted by Crippen LogP contribution is 2.15. The van der Waals surface area contributed by atoms with Gasteiger partial charge in [-0.15, -0.1) is 0 Å². The van der Waals surface area contributed by atoms with Crippen LogP contribution in [0.4, 0.5) is 5.69 Å². The molecule has 0 saturated carbocycles. The zero-order chi connectivity index (χ0) is 19.2. The molecule has 0 aromatic heterocycles. The lowest BCUT2D eigenvalue weighted by Gasteiger charge is -2.36. The van der Waals surface area contributed by atoms with Crippen LogP contribution in [0.15, 0.2) is 24.3 Å². The van der Waals surface area contributed by atoms with E-state index in [0.717, 1.165) is 31.9 Å². The molecule has 0 radical (unpaired) electrons. The van der Waals surface area contributed by atoms with E-state index in [0.29, 0.717) is 32.1 Å². The van der Waals surface area contributed by atoms with Crippen molar-refractivity contribution < 1.29 is 9.59 Å². The Morgan fingerprint density at radius 3 is 2.37 bits per heavy atom. The molecule has 2 aliphatic rings. The Labute approximate surface area is 162 Å². The standard InChI is InChI=1S/C21H32N4O2/c1-17-5-7-19(8-6-17)22-20(26)15-23-10-12-25(13-11-23)21(27)16-24-9-3-4-18(2)14-24/h5-8,18H,3-4,9-16H2,1-2H3,(H,22,26)/t18-/m0/s1. The molecule has 0 aliphatic carbocycles. The number of rotatable bonds is 5. The third-order valence-corrected chi connectivity index (χ3v) is 5.53. The fourth-order valence-corrected chi connectivity index (χ4v) is 3.92. The second-order valence-electron chi connectivity index (χ2n) is 8.05. The van der Waals surface area contributed by atoms with Crippen LogP contribution in [0.1, 0.15) is 25.3 Å². The highest BCUT2D eigenvalue weighted by atomic mass is 16.2. The average molecular weight is 373 g/mol. The molecule has 6 nitrogen and oxygen atoms in total. The van der Waals surface area contributed by atoms with E-state index in [1.54, 1.807) is 0 Å². The molecule has 148 valence electrons. The third kappa shape index (κ3) is 6.04. The molecule has 6 heteroatoms. The summed E-state index contributed by atoms with van der Waals surface area (Å²) in [5.41, 5.74) is 2.00. The summed E-state index contributed by atoms with van der Waals surface area (Å²) in [6.07, 6.45) is 2.46. The van der Waals surface area contributed by atoms with Crippen molar-refractivity contribution in [2.75, 3.05) is 57.7 Å². The zero-order valence-electron chi connectivity index (χ0n) is 16.6. The first-order valence-electron chi connectivity index (χ1n) is 10.1. The number of aryl methyl sites for hydroxylation is 1. The van der Waals surface area contributed by atoms with Gasteiger partial charge in [-0.3, -0.25) is 19.4 Å². The van der Waals surface area contributed by atoms with Gasteiger partial charge in [0.15, 0.2) is 0 Å². The maximum Gasteiger partial charge on any atom is 0.238 e. The molecule has 3 rings (SSSR count). The highest BCUT2D eigenvalue weighted by molar-refractivity contribution is 5.92. The van der Waals surface area contributed by atoms with E-state index in [2.05, 4.69) is 22.0 Å². The number of amides is 2. The van der Waals surface area contributed by atoms with Crippen LogP contribution in [-0.4, -0.2) is 78.9 Å². The molecule has 1 aromatic rings. The predicted molar refractivity (Wildman–Crippen MR) is 108 cm³/mol. The molecule has 0 bridgehead atoms. The number of carbonyl (C=O) groups excluding carboxylic acids is 2. The second kappa shape index (κ2) is 9.33. The number of piperazine rings is 1. The largest absolute Gasteiger partial charge is 0.339 e. The van der Waals surface area contributed by atoms with Gasteiger partial charge in [0.2, 0.25) is 11.8 Å². The maximum absolute atomic E-state index is 12.6. The van der Waals surface area contributed by atoms with Crippen molar-refractivity contribution >= 4 is 17.5 Å². The van der Waals surface area contributed by atoms with Crippen molar-refractivity contribution in [1.82, 2.24) is 14.7 Å². The molecule has 1 N–H and O–H groups in total. The smallest absolute Gasteiger partial charge is 0.238 e. The Kier molecular flexibility index (Phi) is 6.85. The van der Waals surface area contributed by atoms with Gasteiger partial charge < -0.3 is 10.2 Å². The number of likely N-dealkylation sites (tertiary alicyclic amines) is 1. The van der Waals surface area contributed by atoms with E-state index in [1.807, 2.05) is 36.1 Å². The zero-order valence-corrected chi connectivity index (χ0v) is 16.6. The molecule has 2 aliphatic heterocycles. The Hall–Kier alpha value is -1.92. The van der Waals surface area contributed by atoms with E-state index in [1.165, 1.54) is 18.4 Å². The van der Waals surface area contributed by atoms with E-state index < -0.39 is 0 Å². The van der Waals surface area contributed by atoms with Crippen LogP contribution in [0, 0.1) is 12.8 Å². The lowest BCUT2D eigenvalue weighted by molar-refractivity contribution is -0.134. The SMILES string of the molecule is Cc1ccc(NC(=O)CN2CCN(C(=O)CN3CCC[C@H](C)C3)CC2)cc1. The van der Waals surface area contributed by atoms with Crippen LogP contribution in [0.3, 0.4) is 0 Å². The first kappa shape index (κ1) is 19.8. The van der Waals surface area contributed by atoms with Crippen LogP contribution in [0.5, 0.6) is 0 Å². The quantitative estimate of drug-likeness (QED) is 0.857. The van der Waals surface area contributed by atoms with Crippen molar-refractivity contribution in [3.63, 3.8) is 0 Å². The number of hydrogen-bond acceptors (Lipinski definition) is 4. The van der Waals surface area contributed by atoms with Crippen LogP contribution >= 0.6 is 0 Å². The summed E-state index contributed by atoms with van der Waals surface area (Å²) in [7, 11) is 0. The molecule has 0 unspecified atom stereocenters. The minimum atomic E-state index is 0.000865. The number of anilines is 1. The number of hydrogen-bond donors (Lipinski definition) is 1. The van der Waals surface area contributed by atoms with Gasteiger partial charge >= 0.3 is 0 Å². The Morgan fingerprint density at radius 2 is 1.70 bits per heavy atom. The summed E-state index contributed by atoms with van der Waals surface area (Å²) >= 11 is 0. The minimum Gasteiger partial charge on any atom is -0.339 e. The summed E-state index contributed by atoms with van der Waals surface area (Å²) in [5.74, 6) is 0.921. The summed E-state index contributed by atoms with van der Waals surface area (Å²) in [4.78, 5) is 31.2. The molecule has 2 heterocycles. The maximum atomic E-state index is 12.6. The highest BCUT2D eigenvalue weighted by Gasteiger charge is 2.25. The van der Waals surface area contributed by atoms with Crippen molar-refractivity contribution in [2.45, 2.75) is 26.7 Å². The van der Waals surface area contributed by atoms with Crippen LogP contribution < -0.4 is 5.32 Å². The van der Waals surface area contributed by atoms with Gasteiger partial charge in [-0.1, -0.05) is 24.6 Å².